The molecule has 0 spiro atoms. The SMILES string of the molecule is COCCn1ccc2cc(Cl)ncc21. The van der Waals surface area contributed by atoms with E-state index in [0.717, 1.165) is 17.4 Å². The molecule has 0 bridgehead atoms. The average Bonchev–Trinajstić information content (AvgIpc) is 2.57. The molecule has 0 aromatic carbocycles. The Kier molecular flexibility index (Phi) is 2.70. The highest BCUT2D eigenvalue weighted by molar-refractivity contribution is 6.30. The molecule has 4 heteroatoms. The zero-order chi connectivity index (χ0) is 9.97. The maximum Gasteiger partial charge on any atom is 0.129 e. The van der Waals surface area contributed by atoms with Crippen molar-refractivity contribution in [2.75, 3.05) is 13.7 Å². The molecule has 0 saturated carbocycles. The number of hydrogen-bond donors (Lipinski definition) is 0. The minimum Gasteiger partial charge on any atom is -0.383 e. The maximum absolute atomic E-state index is 5.79. The smallest absolute Gasteiger partial charge is 0.129 e. The van der Waals surface area contributed by atoms with E-state index in [2.05, 4.69) is 9.55 Å². The molecule has 0 N–H and O–H groups in total. The first-order valence-electron chi connectivity index (χ1n) is 4.40. The zero-order valence-electron chi connectivity index (χ0n) is 7.90. The van der Waals surface area contributed by atoms with Crippen LogP contribution in [0.2, 0.25) is 5.15 Å². The molecule has 14 heavy (non-hydrogen) atoms. The largest absolute Gasteiger partial charge is 0.383 e. The standard InChI is InChI=1S/C10H11ClN2O/c1-14-5-4-13-3-2-8-6-10(11)12-7-9(8)13/h2-3,6-7H,4-5H2,1H3. The number of nitrogens with zero attached hydrogens (tertiary/aromatic N) is 2. The molecule has 2 aromatic rings. The Labute approximate surface area is 87.3 Å². The van der Waals surface area contributed by atoms with Crippen LogP contribution in [-0.4, -0.2) is 23.3 Å². The Balaban J connectivity index is 2.37. The molecule has 2 heterocycles. The third-order valence-corrected chi connectivity index (χ3v) is 2.37. The Morgan fingerprint density at radius 1 is 1.57 bits per heavy atom. The Hall–Kier alpha value is -1.06. The maximum atomic E-state index is 5.79. The second kappa shape index (κ2) is 3.98. The van der Waals surface area contributed by atoms with Gasteiger partial charge in [0.05, 0.1) is 18.3 Å². The first-order chi connectivity index (χ1) is 6.81. The average molecular weight is 211 g/mol. The van der Waals surface area contributed by atoms with Gasteiger partial charge in [-0.1, -0.05) is 11.6 Å². The van der Waals surface area contributed by atoms with Crippen LogP contribution in [0, 0.1) is 0 Å². The number of fused-ring (bicyclic) bond motifs is 1. The lowest BCUT2D eigenvalue weighted by Gasteiger charge is -2.03. The Morgan fingerprint density at radius 3 is 3.21 bits per heavy atom. The van der Waals surface area contributed by atoms with Gasteiger partial charge < -0.3 is 9.30 Å². The number of methoxy groups -OCH3 is 1. The van der Waals surface area contributed by atoms with Crippen molar-refractivity contribution in [3.63, 3.8) is 0 Å². The monoisotopic (exact) mass is 210 g/mol. The highest BCUT2D eigenvalue weighted by Crippen LogP contribution is 2.17. The van der Waals surface area contributed by atoms with Gasteiger partial charge in [-0.15, -0.1) is 0 Å². The normalized spacial score (nSPS) is 11.0. The topological polar surface area (TPSA) is 27.1 Å². The second-order valence-corrected chi connectivity index (χ2v) is 3.46. The van der Waals surface area contributed by atoms with Gasteiger partial charge in [0.2, 0.25) is 0 Å². The summed E-state index contributed by atoms with van der Waals surface area (Å²) >= 11 is 5.79. The van der Waals surface area contributed by atoms with Crippen molar-refractivity contribution in [1.29, 1.82) is 0 Å². The van der Waals surface area contributed by atoms with Gasteiger partial charge in [-0.05, 0) is 12.1 Å². The lowest BCUT2D eigenvalue weighted by Crippen LogP contribution is -2.02. The second-order valence-electron chi connectivity index (χ2n) is 3.07. The van der Waals surface area contributed by atoms with E-state index in [1.165, 1.54) is 0 Å². The van der Waals surface area contributed by atoms with Crippen LogP contribution in [0.25, 0.3) is 10.9 Å². The van der Waals surface area contributed by atoms with Gasteiger partial charge in [0, 0.05) is 25.2 Å². The minimum atomic E-state index is 0.530. The summed E-state index contributed by atoms with van der Waals surface area (Å²) in [7, 11) is 1.70. The summed E-state index contributed by atoms with van der Waals surface area (Å²) in [6, 6.07) is 3.89. The molecule has 2 rings (SSSR count). The molecule has 0 amide bonds. The number of pyridine rings is 1. The number of halogens is 1. The first kappa shape index (κ1) is 9.49. The summed E-state index contributed by atoms with van der Waals surface area (Å²) < 4.78 is 7.12. The molecule has 0 aliphatic heterocycles. The molecule has 0 aliphatic carbocycles. The van der Waals surface area contributed by atoms with Crippen molar-refractivity contribution < 1.29 is 4.74 Å². The lowest BCUT2D eigenvalue weighted by molar-refractivity contribution is 0.188. The van der Waals surface area contributed by atoms with Crippen LogP contribution in [0.3, 0.4) is 0 Å². The quantitative estimate of drug-likeness (QED) is 0.728. The first-order valence-corrected chi connectivity index (χ1v) is 4.78. The predicted molar refractivity (Wildman–Crippen MR) is 56.6 cm³/mol. The van der Waals surface area contributed by atoms with Crippen LogP contribution >= 0.6 is 11.6 Å². The summed E-state index contributed by atoms with van der Waals surface area (Å²) in [4.78, 5) is 4.05. The van der Waals surface area contributed by atoms with E-state index < -0.39 is 0 Å². The fourth-order valence-electron chi connectivity index (χ4n) is 1.45. The van der Waals surface area contributed by atoms with Crippen molar-refractivity contribution in [2.24, 2.45) is 0 Å². The Bertz CT molecular complexity index is 439. The number of rotatable bonds is 3. The van der Waals surface area contributed by atoms with Gasteiger partial charge in [0.1, 0.15) is 5.15 Å². The highest BCUT2D eigenvalue weighted by atomic mass is 35.5. The summed E-state index contributed by atoms with van der Waals surface area (Å²) in [6.45, 7) is 1.54. The van der Waals surface area contributed by atoms with E-state index in [4.69, 9.17) is 16.3 Å². The van der Waals surface area contributed by atoms with Gasteiger partial charge in [-0.2, -0.15) is 0 Å². The fraction of sp³-hybridized carbons (Fsp3) is 0.300. The molecule has 0 aliphatic rings. The van der Waals surface area contributed by atoms with E-state index in [-0.39, 0.29) is 0 Å². The van der Waals surface area contributed by atoms with E-state index in [1.807, 2.05) is 18.3 Å². The lowest BCUT2D eigenvalue weighted by atomic mass is 10.3. The Morgan fingerprint density at radius 2 is 2.43 bits per heavy atom. The van der Waals surface area contributed by atoms with Crippen LogP contribution in [0.5, 0.6) is 0 Å². The van der Waals surface area contributed by atoms with Gasteiger partial charge in [-0.3, -0.25) is 0 Å². The highest BCUT2D eigenvalue weighted by Gasteiger charge is 2.01. The minimum absolute atomic E-state index is 0.530. The van der Waals surface area contributed by atoms with E-state index in [0.29, 0.717) is 11.8 Å². The molecular weight excluding hydrogens is 200 g/mol. The summed E-state index contributed by atoms with van der Waals surface area (Å²) in [5, 5.41) is 1.64. The van der Waals surface area contributed by atoms with Crippen LogP contribution < -0.4 is 0 Å². The molecular formula is C10H11ClN2O. The molecule has 74 valence electrons. The van der Waals surface area contributed by atoms with Gasteiger partial charge in [0.25, 0.3) is 0 Å². The summed E-state index contributed by atoms with van der Waals surface area (Å²) in [6.07, 6.45) is 3.80. The van der Waals surface area contributed by atoms with Crippen LogP contribution in [0.4, 0.5) is 0 Å². The van der Waals surface area contributed by atoms with Gasteiger partial charge in [-0.25, -0.2) is 4.98 Å². The molecule has 0 unspecified atom stereocenters. The van der Waals surface area contributed by atoms with E-state index >= 15 is 0 Å². The van der Waals surface area contributed by atoms with Gasteiger partial charge in [0.15, 0.2) is 0 Å². The van der Waals surface area contributed by atoms with Crippen molar-refractivity contribution in [3.8, 4) is 0 Å². The molecule has 0 fully saturated rings. The molecule has 3 nitrogen and oxygen atoms in total. The van der Waals surface area contributed by atoms with Crippen LogP contribution in [0.15, 0.2) is 24.5 Å². The number of ether oxygens (including phenoxy) is 1. The molecule has 2 aromatic heterocycles. The summed E-state index contributed by atoms with van der Waals surface area (Å²) in [5.41, 5.74) is 1.09. The van der Waals surface area contributed by atoms with Gasteiger partial charge >= 0.3 is 0 Å². The fourth-order valence-corrected chi connectivity index (χ4v) is 1.61. The van der Waals surface area contributed by atoms with Crippen molar-refractivity contribution >= 4 is 22.5 Å². The zero-order valence-corrected chi connectivity index (χ0v) is 8.66. The predicted octanol–water partition coefficient (Wildman–Crippen LogP) is 2.34. The van der Waals surface area contributed by atoms with Crippen molar-refractivity contribution in [1.82, 2.24) is 9.55 Å². The van der Waals surface area contributed by atoms with E-state index in [1.54, 1.807) is 13.3 Å². The molecule has 0 radical (unpaired) electrons. The molecule has 0 atom stereocenters. The van der Waals surface area contributed by atoms with Crippen molar-refractivity contribution in [3.05, 3.63) is 29.7 Å². The van der Waals surface area contributed by atoms with Crippen molar-refractivity contribution in [2.45, 2.75) is 6.54 Å². The van der Waals surface area contributed by atoms with E-state index in [9.17, 15) is 0 Å². The number of aromatic nitrogens is 2. The third-order valence-electron chi connectivity index (χ3n) is 2.16. The summed E-state index contributed by atoms with van der Waals surface area (Å²) in [5.74, 6) is 0. The molecule has 0 saturated heterocycles. The van der Waals surface area contributed by atoms with Crippen LogP contribution in [-0.2, 0) is 11.3 Å². The third kappa shape index (κ3) is 1.74. The van der Waals surface area contributed by atoms with Crippen LogP contribution in [0.1, 0.15) is 0 Å². The number of hydrogen-bond acceptors (Lipinski definition) is 2.